The summed E-state index contributed by atoms with van der Waals surface area (Å²) in [6.07, 6.45) is 4.80. The Morgan fingerprint density at radius 1 is 1.11 bits per heavy atom. The SMILES string of the molecule is CCC(C)c1cccc(-c2ncc(C)c(Nc3ccc4[nH]ncc4c3)n2)c1. The molecule has 1 unspecified atom stereocenters. The number of nitrogens with one attached hydrogen (secondary N) is 2. The van der Waals surface area contributed by atoms with Gasteiger partial charge in [0, 0.05) is 28.4 Å². The molecular weight excluding hydrogens is 334 g/mol. The van der Waals surface area contributed by atoms with Crippen molar-refractivity contribution >= 4 is 22.4 Å². The predicted octanol–water partition coefficient (Wildman–Crippen LogP) is 5.59. The number of anilines is 2. The summed E-state index contributed by atoms with van der Waals surface area (Å²) >= 11 is 0. The van der Waals surface area contributed by atoms with Gasteiger partial charge in [-0.1, -0.05) is 32.0 Å². The summed E-state index contributed by atoms with van der Waals surface area (Å²) in [5.41, 5.74) is 5.36. The average molecular weight is 357 g/mol. The number of rotatable bonds is 5. The van der Waals surface area contributed by atoms with Crippen LogP contribution in [0.3, 0.4) is 0 Å². The zero-order valence-electron chi connectivity index (χ0n) is 15.8. The Bertz CT molecular complexity index is 1080. The van der Waals surface area contributed by atoms with Crippen molar-refractivity contribution in [2.24, 2.45) is 0 Å². The van der Waals surface area contributed by atoms with E-state index in [2.05, 4.69) is 64.7 Å². The number of hydrogen-bond acceptors (Lipinski definition) is 4. The van der Waals surface area contributed by atoms with Crippen LogP contribution in [0.4, 0.5) is 11.5 Å². The molecule has 0 bridgehead atoms. The molecule has 0 spiro atoms. The fourth-order valence-corrected chi connectivity index (χ4v) is 3.08. The first-order valence-electron chi connectivity index (χ1n) is 9.28. The Morgan fingerprint density at radius 3 is 2.85 bits per heavy atom. The third kappa shape index (κ3) is 3.53. The molecule has 2 aromatic carbocycles. The van der Waals surface area contributed by atoms with Gasteiger partial charge in [0.1, 0.15) is 5.82 Å². The van der Waals surface area contributed by atoms with Crippen molar-refractivity contribution in [3.8, 4) is 11.4 Å². The van der Waals surface area contributed by atoms with Gasteiger partial charge in [0.25, 0.3) is 0 Å². The van der Waals surface area contributed by atoms with Gasteiger partial charge in [0.05, 0.1) is 11.7 Å². The molecule has 0 amide bonds. The van der Waals surface area contributed by atoms with Gasteiger partial charge in [-0.15, -0.1) is 0 Å². The van der Waals surface area contributed by atoms with E-state index in [4.69, 9.17) is 4.98 Å². The predicted molar refractivity (Wildman–Crippen MR) is 110 cm³/mol. The molecule has 0 radical (unpaired) electrons. The van der Waals surface area contributed by atoms with Crippen LogP contribution in [0.15, 0.2) is 54.9 Å². The van der Waals surface area contributed by atoms with Crippen LogP contribution in [0.2, 0.25) is 0 Å². The molecule has 5 heteroatoms. The number of aryl methyl sites for hydroxylation is 1. The quantitative estimate of drug-likeness (QED) is 0.489. The lowest BCUT2D eigenvalue weighted by atomic mass is 9.97. The first-order valence-corrected chi connectivity index (χ1v) is 9.28. The van der Waals surface area contributed by atoms with E-state index in [1.807, 2.05) is 31.5 Å². The van der Waals surface area contributed by atoms with Crippen LogP contribution >= 0.6 is 0 Å². The smallest absolute Gasteiger partial charge is 0.161 e. The van der Waals surface area contributed by atoms with Crippen LogP contribution < -0.4 is 5.32 Å². The normalized spacial score (nSPS) is 12.3. The highest BCUT2D eigenvalue weighted by Gasteiger charge is 2.10. The van der Waals surface area contributed by atoms with E-state index in [1.165, 1.54) is 5.56 Å². The van der Waals surface area contributed by atoms with Crippen LogP contribution in [-0.4, -0.2) is 20.2 Å². The van der Waals surface area contributed by atoms with Gasteiger partial charge >= 0.3 is 0 Å². The highest BCUT2D eigenvalue weighted by Crippen LogP contribution is 2.26. The molecule has 0 fully saturated rings. The molecule has 0 saturated carbocycles. The van der Waals surface area contributed by atoms with Crippen LogP contribution in [0, 0.1) is 6.92 Å². The second-order valence-electron chi connectivity index (χ2n) is 6.96. The molecule has 4 rings (SSSR count). The van der Waals surface area contributed by atoms with Gasteiger partial charge in [-0.3, -0.25) is 5.10 Å². The van der Waals surface area contributed by atoms with Gasteiger partial charge in [-0.25, -0.2) is 9.97 Å². The monoisotopic (exact) mass is 357 g/mol. The zero-order valence-corrected chi connectivity index (χ0v) is 15.8. The number of benzene rings is 2. The minimum atomic E-state index is 0.523. The van der Waals surface area contributed by atoms with Crippen molar-refractivity contribution in [3.63, 3.8) is 0 Å². The molecule has 5 nitrogen and oxygen atoms in total. The molecule has 1 atom stereocenters. The van der Waals surface area contributed by atoms with Gasteiger partial charge in [0.2, 0.25) is 0 Å². The third-order valence-electron chi connectivity index (χ3n) is 5.00. The molecular formula is C22H23N5. The lowest BCUT2D eigenvalue weighted by Crippen LogP contribution is -2.00. The maximum Gasteiger partial charge on any atom is 0.161 e. The maximum absolute atomic E-state index is 4.79. The first kappa shape index (κ1) is 17.2. The molecule has 2 aromatic heterocycles. The summed E-state index contributed by atoms with van der Waals surface area (Å²) in [5, 5.41) is 11.5. The number of fused-ring (bicyclic) bond motifs is 1. The van der Waals surface area contributed by atoms with Crippen LogP contribution in [0.25, 0.3) is 22.3 Å². The van der Waals surface area contributed by atoms with Crippen LogP contribution in [0.5, 0.6) is 0 Å². The van der Waals surface area contributed by atoms with E-state index >= 15 is 0 Å². The summed E-state index contributed by atoms with van der Waals surface area (Å²) in [7, 11) is 0. The number of aromatic nitrogens is 4. The molecule has 2 N–H and O–H groups in total. The van der Waals surface area contributed by atoms with Gasteiger partial charge in [-0.2, -0.15) is 5.10 Å². The van der Waals surface area contributed by atoms with Crippen molar-refractivity contribution in [1.82, 2.24) is 20.2 Å². The number of aromatic amines is 1. The second kappa shape index (κ2) is 7.19. The van der Waals surface area contributed by atoms with Crippen molar-refractivity contribution in [2.75, 3.05) is 5.32 Å². The Labute approximate surface area is 158 Å². The molecule has 0 aliphatic carbocycles. The van der Waals surface area contributed by atoms with E-state index in [1.54, 1.807) is 0 Å². The number of hydrogen-bond donors (Lipinski definition) is 2. The molecule has 27 heavy (non-hydrogen) atoms. The van der Waals surface area contributed by atoms with E-state index in [-0.39, 0.29) is 0 Å². The number of H-pyrrole nitrogens is 1. The fraction of sp³-hybridized carbons (Fsp3) is 0.227. The zero-order chi connectivity index (χ0) is 18.8. The standard InChI is InChI=1S/C22H23N5/c1-4-14(2)16-6-5-7-17(10-16)22-23-12-15(3)21(26-22)25-19-8-9-20-18(11-19)13-24-27-20/h5-14H,4H2,1-3H3,(H,24,27)(H,23,25,26). The highest BCUT2D eigenvalue weighted by molar-refractivity contribution is 5.82. The van der Waals surface area contributed by atoms with Crippen molar-refractivity contribution in [3.05, 3.63) is 66.0 Å². The molecule has 4 aromatic rings. The average Bonchev–Trinajstić information content (AvgIpc) is 3.17. The van der Waals surface area contributed by atoms with Gasteiger partial charge in [-0.05, 0) is 49.1 Å². The molecule has 0 saturated heterocycles. The maximum atomic E-state index is 4.79. The van der Waals surface area contributed by atoms with Crippen molar-refractivity contribution in [1.29, 1.82) is 0 Å². The van der Waals surface area contributed by atoms with E-state index in [0.29, 0.717) is 5.92 Å². The largest absolute Gasteiger partial charge is 0.340 e. The first-order chi connectivity index (χ1) is 13.1. The summed E-state index contributed by atoms with van der Waals surface area (Å²) < 4.78 is 0. The fourth-order valence-electron chi connectivity index (χ4n) is 3.08. The second-order valence-corrected chi connectivity index (χ2v) is 6.96. The molecule has 0 aliphatic rings. The third-order valence-corrected chi connectivity index (χ3v) is 5.00. The highest BCUT2D eigenvalue weighted by atomic mass is 15.1. The summed E-state index contributed by atoms with van der Waals surface area (Å²) in [5.74, 6) is 2.07. The van der Waals surface area contributed by atoms with E-state index in [0.717, 1.165) is 45.8 Å². The van der Waals surface area contributed by atoms with Gasteiger partial charge < -0.3 is 5.32 Å². The minimum absolute atomic E-state index is 0.523. The van der Waals surface area contributed by atoms with Crippen LogP contribution in [0.1, 0.15) is 37.3 Å². The van der Waals surface area contributed by atoms with E-state index in [9.17, 15) is 0 Å². The molecule has 136 valence electrons. The summed E-state index contributed by atoms with van der Waals surface area (Å²) in [6, 6.07) is 14.6. The topological polar surface area (TPSA) is 66.5 Å². The van der Waals surface area contributed by atoms with Crippen LogP contribution in [-0.2, 0) is 0 Å². The molecule has 0 aliphatic heterocycles. The summed E-state index contributed by atoms with van der Waals surface area (Å²) in [6.45, 7) is 6.46. The Balaban J connectivity index is 1.67. The lowest BCUT2D eigenvalue weighted by molar-refractivity contribution is 0.734. The Morgan fingerprint density at radius 2 is 2.00 bits per heavy atom. The Kier molecular flexibility index (Phi) is 4.59. The minimum Gasteiger partial charge on any atom is -0.340 e. The van der Waals surface area contributed by atoms with Crippen molar-refractivity contribution in [2.45, 2.75) is 33.1 Å². The van der Waals surface area contributed by atoms with Gasteiger partial charge in [0.15, 0.2) is 5.82 Å². The Hall–Kier alpha value is -3.21. The lowest BCUT2D eigenvalue weighted by Gasteiger charge is -2.12. The molecule has 2 heterocycles. The summed E-state index contributed by atoms with van der Waals surface area (Å²) in [4.78, 5) is 9.34. The van der Waals surface area contributed by atoms with E-state index < -0.39 is 0 Å². The van der Waals surface area contributed by atoms with Crippen molar-refractivity contribution < 1.29 is 0 Å². The number of nitrogens with zero attached hydrogens (tertiary/aromatic N) is 3.